The van der Waals surface area contributed by atoms with Crippen LogP contribution in [0.15, 0.2) is 53.6 Å². The average molecular weight is 204 g/mol. The lowest BCUT2D eigenvalue weighted by atomic mass is 10.2. The van der Waals surface area contributed by atoms with Gasteiger partial charge in [0.2, 0.25) is 0 Å². The third-order valence-corrected chi connectivity index (χ3v) is 1.61. The quantitative estimate of drug-likeness (QED) is 0.726. The number of benzene rings is 1. The third kappa shape index (κ3) is 4.73. The maximum atomic E-state index is 10.1. The first-order valence-corrected chi connectivity index (χ1v) is 4.47. The highest BCUT2D eigenvalue weighted by molar-refractivity contribution is 5.12. The molecule has 4 nitrogen and oxygen atoms in total. The Bertz CT molecular complexity index is 408. The summed E-state index contributed by atoms with van der Waals surface area (Å²) in [5.74, 6) is 0. The second kappa shape index (κ2) is 6.50. The normalized spacial score (nSPS) is 8.87. The number of aromatic nitrogens is 2. The van der Waals surface area contributed by atoms with Crippen LogP contribution in [0.2, 0.25) is 0 Å². The van der Waals surface area contributed by atoms with Gasteiger partial charge in [0.25, 0.3) is 0 Å². The molecule has 1 aromatic carbocycles. The summed E-state index contributed by atoms with van der Waals surface area (Å²) >= 11 is 0. The maximum Gasteiger partial charge on any atom is 0.344 e. The van der Waals surface area contributed by atoms with E-state index < -0.39 is 0 Å². The smallest absolute Gasteiger partial charge is 0.344 e. The van der Waals surface area contributed by atoms with E-state index in [1.54, 1.807) is 6.07 Å². The van der Waals surface area contributed by atoms with Gasteiger partial charge >= 0.3 is 5.69 Å². The highest BCUT2D eigenvalue weighted by Crippen LogP contribution is 1.95. The third-order valence-electron chi connectivity index (χ3n) is 1.61. The maximum absolute atomic E-state index is 10.1. The zero-order valence-electron chi connectivity index (χ0n) is 8.13. The standard InChI is InChI=1S/C7H8O.C4H4N2O/c8-6-7-4-2-1-3-5-7;7-4-5-2-1-3-6-4/h1-5,8H,6H2;1-3H,(H,5,6,7). The van der Waals surface area contributed by atoms with Crippen molar-refractivity contribution in [3.8, 4) is 0 Å². The van der Waals surface area contributed by atoms with Gasteiger partial charge in [0, 0.05) is 12.4 Å². The summed E-state index contributed by atoms with van der Waals surface area (Å²) in [7, 11) is 0. The van der Waals surface area contributed by atoms with Gasteiger partial charge < -0.3 is 10.1 Å². The van der Waals surface area contributed by atoms with Crippen molar-refractivity contribution in [2.75, 3.05) is 0 Å². The zero-order chi connectivity index (χ0) is 10.9. The molecule has 0 saturated heterocycles. The van der Waals surface area contributed by atoms with E-state index in [-0.39, 0.29) is 12.3 Å². The largest absolute Gasteiger partial charge is 0.392 e. The summed E-state index contributed by atoms with van der Waals surface area (Å²) in [6.45, 7) is 0.140. The van der Waals surface area contributed by atoms with E-state index >= 15 is 0 Å². The Balaban J connectivity index is 0.000000151. The number of nitrogens with zero attached hydrogens (tertiary/aromatic N) is 1. The fourth-order valence-corrected chi connectivity index (χ4v) is 0.894. The second-order valence-electron chi connectivity index (χ2n) is 2.73. The molecule has 0 bridgehead atoms. The van der Waals surface area contributed by atoms with Crippen LogP contribution in [0.1, 0.15) is 5.56 Å². The average Bonchev–Trinajstić information content (AvgIpc) is 2.32. The molecule has 2 N–H and O–H groups in total. The van der Waals surface area contributed by atoms with E-state index in [4.69, 9.17) is 5.11 Å². The molecular weight excluding hydrogens is 192 g/mol. The molecule has 0 aliphatic carbocycles. The topological polar surface area (TPSA) is 66.0 Å². The number of aliphatic hydroxyl groups excluding tert-OH is 1. The van der Waals surface area contributed by atoms with Crippen molar-refractivity contribution in [1.82, 2.24) is 9.97 Å². The van der Waals surface area contributed by atoms with E-state index in [1.165, 1.54) is 12.4 Å². The Kier molecular flexibility index (Phi) is 4.83. The van der Waals surface area contributed by atoms with Crippen molar-refractivity contribution in [2.24, 2.45) is 0 Å². The van der Waals surface area contributed by atoms with Gasteiger partial charge in [-0.15, -0.1) is 0 Å². The van der Waals surface area contributed by atoms with Crippen molar-refractivity contribution >= 4 is 0 Å². The van der Waals surface area contributed by atoms with Crippen LogP contribution < -0.4 is 5.69 Å². The molecule has 0 saturated carbocycles. The van der Waals surface area contributed by atoms with E-state index in [0.717, 1.165) is 5.56 Å². The first kappa shape index (κ1) is 11.1. The Labute approximate surface area is 87.3 Å². The van der Waals surface area contributed by atoms with E-state index in [0.29, 0.717) is 0 Å². The Morgan fingerprint density at radius 3 is 2.27 bits per heavy atom. The highest BCUT2D eigenvalue weighted by Gasteiger charge is 1.81. The predicted octanol–water partition coefficient (Wildman–Crippen LogP) is 0.949. The van der Waals surface area contributed by atoms with Crippen molar-refractivity contribution in [3.05, 3.63) is 64.8 Å². The van der Waals surface area contributed by atoms with E-state index in [1.807, 2.05) is 30.3 Å². The molecule has 0 aliphatic rings. The fourth-order valence-electron chi connectivity index (χ4n) is 0.894. The minimum absolute atomic E-state index is 0.140. The van der Waals surface area contributed by atoms with Gasteiger partial charge in [0.15, 0.2) is 0 Å². The number of H-pyrrole nitrogens is 1. The second-order valence-corrected chi connectivity index (χ2v) is 2.73. The molecule has 15 heavy (non-hydrogen) atoms. The number of nitrogens with one attached hydrogen (secondary N) is 1. The summed E-state index contributed by atoms with van der Waals surface area (Å²) in [5, 5.41) is 8.54. The lowest BCUT2D eigenvalue weighted by Crippen LogP contribution is -2.05. The summed E-state index contributed by atoms with van der Waals surface area (Å²) in [6, 6.07) is 11.2. The molecular formula is C11H12N2O2. The van der Waals surface area contributed by atoms with Gasteiger partial charge in [0.05, 0.1) is 6.61 Å². The van der Waals surface area contributed by atoms with Crippen molar-refractivity contribution in [3.63, 3.8) is 0 Å². The van der Waals surface area contributed by atoms with Gasteiger partial charge in [-0.2, -0.15) is 0 Å². The van der Waals surface area contributed by atoms with Gasteiger partial charge in [-0.25, -0.2) is 9.78 Å². The Morgan fingerprint density at radius 1 is 1.20 bits per heavy atom. The molecule has 0 aliphatic heterocycles. The summed E-state index contributed by atoms with van der Waals surface area (Å²) in [5.41, 5.74) is 0.662. The predicted molar refractivity (Wildman–Crippen MR) is 57.2 cm³/mol. The number of hydrogen-bond acceptors (Lipinski definition) is 3. The van der Waals surface area contributed by atoms with Crippen LogP contribution in [-0.2, 0) is 6.61 Å². The molecule has 1 aromatic heterocycles. The molecule has 0 unspecified atom stereocenters. The summed E-state index contributed by atoms with van der Waals surface area (Å²) in [4.78, 5) is 15.8. The molecule has 78 valence electrons. The molecule has 2 aromatic rings. The lowest BCUT2D eigenvalue weighted by Gasteiger charge is -1.89. The minimum Gasteiger partial charge on any atom is -0.392 e. The highest BCUT2D eigenvalue weighted by atomic mass is 16.3. The Hall–Kier alpha value is -1.94. The zero-order valence-corrected chi connectivity index (χ0v) is 8.13. The first-order chi connectivity index (χ1) is 7.33. The van der Waals surface area contributed by atoms with Crippen LogP contribution >= 0.6 is 0 Å². The van der Waals surface area contributed by atoms with Crippen LogP contribution in [0.4, 0.5) is 0 Å². The molecule has 1 heterocycles. The monoisotopic (exact) mass is 204 g/mol. The van der Waals surface area contributed by atoms with Crippen molar-refractivity contribution < 1.29 is 5.11 Å². The van der Waals surface area contributed by atoms with E-state index in [9.17, 15) is 4.79 Å². The number of aromatic amines is 1. The van der Waals surface area contributed by atoms with Gasteiger partial charge in [0.1, 0.15) is 0 Å². The number of rotatable bonds is 1. The number of hydrogen-bond donors (Lipinski definition) is 2. The fraction of sp³-hybridized carbons (Fsp3) is 0.0909. The van der Waals surface area contributed by atoms with Gasteiger partial charge in [-0.05, 0) is 11.6 Å². The van der Waals surface area contributed by atoms with Crippen molar-refractivity contribution in [1.29, 1.82) is 0 Å². The first-order valence-electron chi connectivity index (χ1n) is 4.47. The van der Waals surface area contributed by atoms with Crippen LogP contribution in [0.5, 0.6) is 0 Å². The minimum atomic E-state index is -0.303. The molecule has 0 spiro atoms. The molecule has 2 rings (SSSR count). The summed E-state index contributed by atoms with van der Waals surface area (Å²) < 4.78 is 0. The van der Waals surface area contributed by atoms with Crippen molar-refractivity contribution in [2.45, 2.75) is 6.61 Å². The number of aliphatic hydroxyl groups is 1. The van der Waals surface area contributed by atoms with E-state index in [2.05, 4.69) is 9.97 Å². The SMILES string of the molecule is O=c1nccc[nH]1.OCc1ccccc1. The Morgan fingerprint density at radius 2 is 1.93 bits per heavy atom. The molecule has 0 atom stereocenters. The molecule has 0 amide bonds. The van der Waals surface area contributed by atoms with Crippen LogP contribution in [-0.4, -0.2) is 15.1 Å². The lowest BCUT2D eigenvalue weighted by molar-refractivity contribution is 0.282. The summed E-state index contributed by atoms with van der Waals surface area (Å²) in [6.07, 6.45) is 2.98. The van der Waals surface area contributed by atoms with Gasteiger partial charge in [-0.3, -0.25) is 0 Å². The molecule has 0 radical (unpaired) electrons. The van der Waals surface area contributed by atoms with Crippen LogP contribution in [0.25, 0.3) is 0 Å². The van der Waals surface area contributed by atoms with Gasteiger partial charge in [-0.1, -0.05) is 30.3 Å². The van der Waals surface area contributed by atoms with Crippen LogP contribution in [0.3, 0.4) is 0 Å². The van der Waals surface area contributed by atoms with Crippen LogP contribution in [0, 0.1) is 0 Å². The molecule has 4 heteroatoms. The molecule has 0 fully saturated rings.